The van der Waals surface area contributed by atoms with Crippen molar-refractivity contribution in [3.63, 3.8) is 0 Å². The molecule has 0 radical (unpaired) electrons. The van der Waals surface area contributed by atoms with Crippen molar-refractivity contribution in [3.05, 3.63) is 42.5 Å². The van der Waals surface area contributed by atoms with Crippen molar-refractivity contribution in [2.24, 2.45) is 0 Å². The number of hydrogen-bond donors (Lipinski definition) is 1. The van der Waals surface area contributed by atoms with E-state index in [9.17, 15) is 0 Å². The predicted molar refractivity (Wildman–Crippen MR) is 59.6 cm³/mol. The second-order valence-electron chi connectivity index (χ2n) is 3.15. The van der Waals surface area contributed by atoms with Crippen molar-refractivity contribution < 1.29 is 4.74 Å². The summed E-state index contributed by atoms with van der Waals surface area (Å²) in [5, 5.41) is 3.19. The van der Waals surface area contributed by atoms with Crippen molar-refractivity contribution >= 4 is 0 Å². The Hall–Kier alpha value is -1.28. The molecule has 0 heterocycles. The van der Waals surface area contributed by atoms with Gasteiger partial charge in [0.1, 0.15) is 12.4 Å². The fraction of sp³-hybridized carbons (Fsp3) is 0.333. The summed E-state index contributed by atoms with van der Waals surface area (Å²) in [6, 6.07) is 8.34. The Morgan fingerprint density at radius 3 is 2.86 bits per heavy atom. The molecule has 2 heteroatoms. The molecule has 0 bridgehead atoms. The smallest absolute Gasteiger partial charge is 0.124 e. The maximum Gasteiger partial charge on any atom is 0.124 e. The number of para-hydroxylation sites is 1. The molecule has 14 heavy (non-hydrogen) atoms. The van der Waals surface area contributed by atoms with Gasteiger partial charge in [-0.3, -0.25) is 0 Å². The van der Waals surface area contributed by atoms with Crippen LogP contribution in [0.5, 0.6) is 5.75 Å². The van der Waals surface area contributed by atoms with E-state index in [1.54, 1.807) is 6.08 Å². The van der Waals surface area contributed by atoms with E-state index < -0.39 is 0 Å². The topological polar surface area (TPSA) is 21.3 Å². The largest absolute Gasteiger partial charge is 0.489 e. The first-order valence-corrected chi connectivity index (χ1v) is 4.79. The van der Waals surface area contributed by atoms with Crippen LogP contribution in [-0.2, 0) is 0 Å². The molecule has 0 saturated carbocycles. The van der Waals surface area contributed by atoms with Gasteiger partial charge in [0.15, 0.2) is 0 Å². The van der Waals surface area contributed by atoms with Crippen LogP contribution in [0.25, 0.3) is 0 Å². The van der Waals surface area contributed by atoms with Crippen molar-refractivity contribution in [2.45, 2.75) is 13.0 Å². The molecule has 0 saturated heterocycles. The first kappa shape index (κ1) is 10.8. The minimum Gasteiger partial charge on any atom is -0.489 e. The third kappa shape index (κ3) is 2.60. The van der Waals surface area contributed by atoms with Crippen LogP contribution in [0.3, 0.4) is 0 Å². The molecule has 1 rings (SSSR count). The van der Waals surface area contributed by atoms with Crippen LogP contribution in [0.2, 0.25) is 0 Å². The molecule has 0 amide bonds. The average Bonchev–Trinajstić information content (AvgIpc) is 2.25. The zero-order valence-electron chi connectivity index (χ0n) is 8.79. The normalized spacial score (nSPS) is 12.1. The van der Waals surface area contributed by atoms with Crippen LogP contribution < -0.4 is 10.1 Å². The zero-order valence-corrected chi connectivity index (χ0v) is 8.79. The molecule has 0 fully saturated rings. The van der Waals surface area contributed by atoms with Gasteiger partial charge in [-0.15, -0.1) is 0 Å². The molecule has 1 N–H and O–H groups in total. The summed E-state index contributed by atoms with van der Waals surface area (Å²) in [7, 11) is 1.94. The predicted octanol–water partition coefficient (Wildman–Crippen LogP) is 2.53. The van der Waals surface area contributed by atoms with Gasteiger partial charge in [0, 0.05) is 11.6 Å². The Balaban J connectivity index is 2.84. The van der Waals surface area contributed by atoms with Crippen LogP contribution in [0, 0.1) is 0 Å². The fourth-order valence-corrected chi connectivity index (χ4v) is 1.27. The van der Waals surface area contributed by atoms with Crippen molar-refractivity contribution in [3.8, 4) is 5.75 Å². The van der Waals surface area contributed by atoms with E-state index in [1.807, 2.05) is 25.2 Å². The standard InChI is InChI=1S/C12H17NO/c1-4-9-14-12-8-6-5-7-11(12)10(2)13-3/h4-8,10,13H,1,9H2,2-3H3/t10-/m0/s1. The van der Waals surface area contributed by atoms with Gasteiger partial charge in [-0.05, 0) is 20.0 Å². The molecule has 0 unspecified atom stereocenters. The molecular formula is C12H17NO. The minimum atomic E-state index is 0.302. The Kier molecular flexibility index (Phi) is 4.20. The van der Waals surface area contributed by atoms with E-state index in [0.717, 1.165) is 5.75 Å². The van der Waals surface area contributed by atoms with Crippen LogP contribution in [0.4, 0.5) is 0 Å². The lowest BCUT2D eigenvalue weighted by Crippen LogP contribution is -2.13. The van der Waals surface area contributed by atoms with Crippen LogP contribution in [0.15, 0.2) is 36.9 Å². The molecule has 1 aromatic carbocycles. The molecule has 0 aliphatic carbocycles. The average molecular weight is 191 g/mol. The Labute approximate surface area is 85.6 Å². The second-order valence-corrected chi connectivity index (χ2v) is 3.15. The number of ether oxygens (including phenoxy) is 1. The third-order valence-electron chi connectivity index (χ3n) is 2.18. The summed E-state index contributed by atoms with van der Waals surface area (Å²) in [6.45, 7) is 6.29. The number of nitrogens with one attached hydrogen (secondary N) is 1. The summed E-state index contributed by atoms with van der Waals surface area (Å²) in [5.74, 6) is 0.925. The number of hydrogen-bond acceptors (Lipinski definition) is 2. The van der Waals surface area contributed by atoms with Gasteiger partial charge < -0.3 is 10.1 Å². The van der Waals surface area contributed by atoms with Gasteiger partial charge in [0.25, 0.3) is 0 Å². The van der Waals surface area contributed by atoms with E-state index in [0.29, 0.717) is 12.6 Å². The summed E-state index contributed by atoms with van der Waals surface area (Å²) in [5.41, 5.74) is 1.18. The number of rotatable bonds is 5. The van der Waals surface area contributed by atoms with Gasteiger partial charge in [-0.25, -0.2) is 0 Å². The van der Waals surface area contributed by atoms with Gasteiger partial charge in [-0.1, -0.05) is 30.9 Å². The second kappa shape index (κ2) is 5.45. The van der Waals surface area contributed by atoms with E-state index in [1.165, 1.54) is 5.56 Å². The SMILES string of the molecule is C=CCOc1ccccc1[C@H](C)NC. The van der Waals surface area contributed by atoms with E-state index >= 15 is 0 Å². The summed E-state index contributed by atoms with van der Waals surface area (Å²) in [4.78, 5) is 0. The molecule has 0 aliphatic rings. The maximum atomic E-state index is 5.55. The Morgan fingerprint density at radius 2 is 2.21 bits per heavy atom. The molecule has 76 valence electrons. The highest BCUT2D eigenvalue weighted by atomic mass is 16.5. The summed E-state index contributed by atoms with van der Waals surface area (Å²) < 4.78 is 5.55. The first-order chi connectivity index (χ1) is 6.79. The molecule has 0 spiro atoms. The highest BCUT2D eigenvalue weighted by Crippen LogP contribution is 2.24. The quantitative estimate of drug-likeness (QED) is 0.722. The molecule has 1 atom stereocenters. The highest BCUT2D eigenvalue weighted by molar-refractivity contribution is 5.35. The Morgan fingerprint density at radius 1 is 1.50 bits per heavy atom. The fourth-order valence-electron chi connectivity index (χ4n) is 1.27. The first-order valence-electron chi connectivity index (χ1n) is 4.79. The van der Waals surface area contributed by atoms with Crippen LogP contribution in [-0.4, -0.2) is 13.7 Å². The Bertz CT molecular complexity index is 296. The lowest BCUT2D eigenvalue weighted by atomic mass is 10.1. The van der Waals surface area contributed by atoms with E-state index in [-0.39, 0.29) is 0 Å². The van der Waals surface area contributed by atoms with Crippen molar-refractivity contribution in [1.82, 2.24) is 5.32 Å². The van der Waals surface area contributed by atoms with Crippen LogP contribution >= 0.6 is 0 Å². The van der Waals surface area contributed by atoms with Crippen molar-refractivity contribution in [2.75, 3.05) is 13.7 Å². The lowest BCUT2D eigenvalue weighted by molar-refractivity contribution is 0.355. The molecule has 2 nitrogen and oxygen atoms in total. The lowest BCUT2D eigenvalue weighted by Gasteiger charge is -2.15. The third-order valence-corrected chi connectivity index (χ3v) is 2.18. The summed E-state index contributed by atoms with van der Waals surface area (Å²) >= 11 is 0. The zero-order chi connectivity index (χ0) is 10.4. The van der Waals surface area contributed by atoms with Crippen LogP contribution in [0.1, 0.15) is 18.5 Å². The minimum absolute atomic E-state index is 0.302. The maximum absolute atomic E-state index is 5.55. The van der Waals surface area contributed by atoms with Crippen molar-refractivity contribution in [1.29, 1.82) is 0 Å². The molecule has 0 aliphatic heterocycles. The molecule has 1 aromatic rings. The summed E-state index contributed by atoms with van der Waals surface area (Å²) in [6.07, 6.45) is 1.75. The van der Waals surface area contributed by atoms with Gasteiger partial charge in [0.05, 0.1) is 0 Å². The van der Waals surface area contributed by atoms with Gasteiger partial charge in [-0.2, -0.15) is 0 Å². The highest BCUT2D eigenvalue weighted by Gasteiger charge is 2.07. The number of benzene rings is 1. The van der Waals surface area contributed by atoms with Gasteiger partial charge in [0.2, 0.25) is 0 Å². The molecule has 0 aromatic heterocycles. The molecular weight excluding hydrogens is 174 g/mol. The van der Waals surface area contributed by atoms with E-state index in [2.05, 4.69) is 24.9 Å². The van der Waals surface area contributed by atoms with Gasteiger partial charge >= 0.3 is 0 Å². The van der Waals surface area contributed by atoms with E-state index in [4.69, 9.17) is 4.74 Å². The monoisotopic (exact) mass is 191 g/mol.